The molecule has 6 aromatic rings. The number of ether oxygens (including phenoxy) is 3. The molecule has 16 heteroatoms. The number of hydrazine groups is 1. The number of nitrogens with zero attached hydrogens (tertiary/aromatic N) is 4. The summed E-state index contributed by atoms with van der Waals surface area (Å²) in [5.41, 5.74) is 9.68. The van der Waals surface area contributed by atoms with Gasteiger partial charge >= 0.3 is 13.1 Å². The summed E-state index contributed by atoms with van der Waals surface area (Å²) >= 11 is 4.91. The van der Waals surface area contributed by atoms with E-state index in [0.717, 1.165) is 50.0 Å². The minimum Gasteiger partial charge on any atom is -0.464 e. The van der Waals surface area contributed by atoms with Gasteiger partial charge < -0.3 is 28.1 Å². The van der Waals surface area contributed by atoms with E-state index in [-0.39, 0.29) is 24.7 Å². The van der Waals surface area contributed by atoms with Gasteiger partial charge in [0.15, 0.2) is 0 Å². The van der Waals surface area contributed by atoms with Gasteiger partial charge in [-0.2, -0.15) is 0 Å². The zero-order chi connectivity index (χ0) is 50.0. The van der Waals surface area contributed by atoms with E-state index in [9.17, 15) is 4.79 Å². The average Bonchev–Trinajstić information content (AvgIpc) is 4.00. The van der Waals surface area contributed by atoms with Crippen LogP contribution in [-0.2, 0) is 46.1 Å². The van der Waals surface area contributed by atoms with Gasteiger partial charge in [0.05, 0.1) is 41.3 Å². The first kappa shape index (κ1) is 51.6. The van der Waals surface area contributed by atoms with Crippen LogP contribution >= 0.6 is 27.3 Å². The Bertz CT molecular complexity index is 2710. The van der Waals surface area contributed by atoms with E-state index in [1.165, 1.54) is 11.3 Å². The Kier molecular flexibility index (Phi) is 15.9. The van der Waals surface area contributed by atoms with Crippen LogP contribution in [0, 0.1) is 5.41 Å². The van der Waals surface area contributed by atoms with Gasteiger partial charge in [0.25, 0.3) is 5.91 Å². The summed E-state index contributed by atoms with van der Waals surface area (Å²) in [6, 6.07) is 28.6. The van der Waals surface area contributed by atoms with Gasteiger partial charge in [-0.05, 0) is 117 Å². The number of halogens is 1. The summed E-state index contributed by atoms with van der Waals surface area (Å²) in [6.07, 6.45) is 2.46. The molecule has 2 aliphatic rings. The zero-order valence-corrected chi connectivity index (χ0v) is 44.4. The highest BCUT2D eigenvalue weighted by atomic mass is 79.9. The summed E-state index contributed by atoms with van der Waals surface area (Å²) in [6.45, 7) is 17.9. The van der Waals surface area contributed by atoms with Gasteiger partial charge in [-0.15, -0.1) is 11.3 Å². The molecular weight excluding hydrogens is 967 g/mol. The molecule has 0 radical (unpaired) electrons. The lowest BCUT2D eigenvalue weighted by atomic mass is 9.77. The van der Waals surface area contributed by atoms with E-state index in [2.05, 4.69) is 109 Å². The molecule has 0 bridgehead atoms. The second-order valence-electron chi connectivity index (χ2n) is 20.1. The molecule has 4 atom stereocenters. The number of esters is 1. The summed E-state index contributed by atoms with van der Waals surface area (Å²) in [4.78, 5) is 38.8. The number of carbonyl (C=O) groups is 2. The van der Waals surface area contributed by atoms with Crippen molar-refractivity contribution in [3.05, 3.63) is 135 Å². The molecule has 0 saturated carbocycles. The summed E-state index contributed by atoms with van der Waals surface area (Å²) in [5, 5.41) is 8.81. The van der Waals surface area contributed by atoms with Crippen LogP contribution in [0.25, 0.3) is 22.2 Å². The van der Waals surface area contributed by atoms with Crippen molar-refractivity contribution in [2.45, 2.75) is 123 Å². The van der Waals surface area contributed by atoms with E-state index in [1.54, 1.807) is 25.4 Å². The molecule has 370 valence electrons. The van der Waals surface area contributed by atoms with Crippen molar-refractivity contribution < 1.29 is 33.1 Å². The van der Waals surface area contributed by atoms with Crippen LogP contribution in [0.1, 0.15) is 114 Å². The number of fused-ring (bicyclic) bond motifs is 1. The summed E-state index contributed by atoms with van der Waals surface area (Å²) in [7, 11) is 2.74. The van der Waals surface area contributed by atoms with Crippen LogP contribution in [0.2, 0.25) is 0 Å². The van der Waals surface area contributed by atoms with Crippen LogP contribution in [-0.4, -0.2) is 89.2 Å². The van der Waals surface area contributed by atoms with Crippen molar-refractivity contribution in [3.8, 4) is 11.3 Å². The maximum absolute atomic E-state index is 15.0. The number of hydrogen-bond acceptors (Lipinski definition) is 12. The number of methoxy groups -OCH3 is 2. The van der Waals surface area contributed by atoms with E-state index in [0.29, 0.717) is 42.0 Å². The molecule has 0 spiro atoms. The maximum Gasteiger partial charge on any atom is 0.494 e. The van der Waals surface area contributed by atoms with Gasteiger partial charge in [-0.3, -0.25) is 24.9 Å². The second-order valence-corrected chi connectivity index (χ2v) is 21.8. The zero-order valence-electron chi connectivity index (χ0n) is 42.0. The maximum atomic E-state index is 15.0. The van der Waals surface area contributed by atoms with Crippen LogP contribution < -0.4 is 16.2 Å². The minimum absolute atomic E-state index is 0.131. The van der Waals surface area contributed by atoms with Gasteiger partial charge in [0.2, 0.25) is 0 Å². The van der Waals surface area contributed by atoms with Gasteiger partial charge in [0, 0.05) is 60.8 Å². The Morgan fingerprint density at radius 3 is 2.24 bits per heavy atom. The lowest BCUT2D eigenvalue weighted by molar-refractivity contribution is -0.156. The Morgan fingerprint density at radius 1 is 0.971 bits per heavy atom. The molecule has 3 aromatic carbocycles. The highest BCUT2D eigenvalue weighted by molar-refractivity contribution is 9.10. The fourth-order valence-electron chi connectivity index (χ4n) is 9.54. The normalized spacial score (nSPS) is 18.3. The van der Waals surface area contributed by atoms with Gasteiger partial charge in [0.1, 0.15) is 27.8 Å². The topological polar surface area (TPSA) is 138 Å². The molecule has 5 heterocycles. The first-order chi connectivity index (χ1) is 33.5. The highest BCUT2D eigenvalue weighted by Gasteiger charge is 2.52. The number of thiazole rings is 1. The third kappa shape index (κ3) is 10.8. The van der Waals surface area contributed by atoms with E-state index < -0.39 is 47.9 Å². The Labute approximate surface area is 425 Å². The summed E-state index contributed by atoms with van der Waals surface area (Å²) < 4.78 is 34.3. The Hall–Kier alpha value is -4.78. The molecular formula is C54H66BBrN6O7S. The van der Waals surface area contributed by atoms with E-state index in [4.69, 9.17) is 28.5 Å². The monoisotopic (exact) mass is 1030 g/mol. The molecule has 0 unspecified atom stereocenters. The second kappa shape index (κ2) is 21.5. The van der Waals surface area contributed by atoms with E-state index in [1.807, 2.05) is 79.0 Å². The molecule has 8 rings (SSSR count). The number of hydrogen-bond donors (Lipinski definition) is 2. The van der Waals surface area contributed by atoms with Crippen molar-refractivity contribution in [1.29, 1.82) is 0 Å². The molecule has 70 heavy (non-hydrogen) atoms. The molecule has 2 aliphatic heterocycles. The Balaban J connectivity index is 1.06. The predicted molar refractivity (Wildman–Crippen MR) is 280 cm³/mol. The van der Waals surface area contributed by atoms with Gasteiger partial charge in [-0.25, -0.2) is 10.4 Å². The Morgan fingerprint density at radius 2 is 1.64 bits per heavy atom. The fourth-order valence-corrected chi connectivity index (χ4v) is 10.9. The van der Waals surface area contributed by atoms with Gasteiger partial charge in [-0.1, -0.05) is 86.6 Å². The standard InChI is InChI=1S/C54H66BBrN6O7S/c1-11-61-42-27-26-37(55-68-53(5,6)54(7,8)69-55)30-39(42)40(47(61)38-24-18-28-57-44(38)34(2)65-9)31-52(3,4)33-67-51(64)41-25-19-29-62(60-41)50(63)46(48(66-10)49-58-43(56)32-70-49)59-45(35-20-14-12-15-21-35)36-22-16-13-17-23-36/h12-18,20-24,26-28,30,32,34,41,45-46,48,59-60H,11,19,25,29,31,33H2,1-10H3/t34-,41-,46-,48-/m0/s1. The lowest BCUT2D eigenvalue weighted by Crippen LogP contribution is -2.61. The molecule has 2 fully saturated rings. The first-order valence-electron chi connectivity index (χ1n) is 24.2. The first-order valence-corrected chi connectivity index (χ1v) is 25.9. The summed E-state index contributed by atoms with van der Waals surface area (Å²) in [5.74, 6) is -0.693. The molecule has 2 saturated heterocycles. The fraction of sp³-hybridized carbons (Fsp3) is 0.444. The average molecular weight is 1030 g/mol. The van der Waals surface area contributed by atoms with Crippen molar-refractivity contribution in [2.24, 2.45) is 5.41 Å². The number of amides is 1. The predicted octanol–water partition coefficient (Wildman–Crippen LogP) is 9.69. The SMILES string of the molecule is CCn1c(-c2cccnc2[C@H](C)OC)c(CC(C)(C)COC(=O)[C@@H]2CCCN(C(=O)[C@@H](NC(c3ccccc3)c3ccccc3)[C@H](OC)c3nc(Br)cs3)N2)c2cc(B3OC(C)(C)C(C)(C)O3)ccc21. The van der Waals surface area contributed by atoms with Crippen LogP contribution in [0.4, 0.5) is 0 Å². The smallest absolute Gasteiger partial charge is 0.464 e. The third-order valence-electron chi connectivity index (χ3n) is 14.0. The number of aromatic nitrogens is 3. The van der Waals surface area contributed by atoms with E-state index >= 15 is 4.79 Å². The third-order valence-corrected chi connectivity index (χ3v) is 15.7. The van der Waals surface area contributed by atoms with Crippen LogP contribution in [0.5, 0.6) is 0 Å². The van der Waals surface area contributed by atoms with Crippen molar-refractivity contribution in [1.82, 2.24) is 30.3 Å². The molecule has 13 nitrogen and oxygen atoms in total. The van der Waals surface area contributed by atoms with Crippen LogP contribution in [0.3, 0.4) is 0 Å². The molecule has 0 aliphatic carbocycles. The number of aryl methyl sites for hydroxylation is 1. The van der Waals surface area contributed by atoms with Crippen molar-refractivity contribution in [3.63, 3.8) is 0 Å². The number of nitrogens with one attached hydrogen (secondary N) is 2. The quantitative estimate of drug-likeness (QED) is 0.0629. The minimum atomic E-state index is -0.897. The van der Waals surface area contributed by atoms with Crippen molar-refractivity contribution >= 4 is 62.6 Å². The molecule has 2 N–H and O–H groups in total. The number of benzene rings is 3. The highest BCUT2D eigenvalue weighted by Crippen LogP contribution is 2.42. The number of rotatable bonds is 18. The number of pyridine rings is 1. The molecule has 3 aromatic heterocycles. The molecule has 1 amide bonds. The lowest BCUT2D eigenvalue weighted by Gasteiger charge is -2.38. The largest absolute Gasteiger partial charge is 0.494 e. The van der Waals surface area contributed by atoms with Crippen molar-refractivity contribution in [2.75, 3.05) is 27.4 Å². The number of carbonyl (C=O) groups excluding carboxylic acids is 2. The van der Waals surface area contributed by atoms with Crippen LogP contribution in [0.15, 0.2) is 107 Å².